The molecular formula is C18H23NO. The third-order valence-corrected chi connectivity index (χ3v) is 3.39. The highest BCUT2D eigenvalue weighted by atomic mass is 16.5. The molecule has 0 aliphatic heterocycles. The zero-order valence-electron chi connectivity index (χ0n) is 11.9. The molecule has 1 atom stereocenters. The van der Waals surface area contributed by atoms with Crippen LogP contribution in [0.25, 0.3) is 0 Å². The van der Waals surface area contributed by atoms with Gasteiger partial charge in [0.15, 0.2) is 0 Å². The zero-order valence-corrected chi connectivity index (χ0v) is 11.9. The van der Waals surface area contributed by atoms with E-state index in [1.54, 1.807) is 0 Å². The first-order valence-corrected chi connectivity index (χ1v) is 7.34. The van der Waals surface area contributed by atoms with E-state index in [1.165, 1.54) is 12.0 Å². The lowest BCUT2D eigenvalue weighted by atomic mass is 10.1. The molecule has 0 radical (unpaired) electrons. The second-order valence-corrected chi connectivity index (χ2v) is 5.02. The standard InChI is InChI=1S/C18H23NO/c19-15-18(20-17-12-5-2-6-13-17)14-8-7-11-16-9-3-1-4-10-16/h1-6,9-10,12-13,18H,7-8,11,14-15,19H2/t18-/m1/s1. The van der Waals surface area contributed by atoms with Gasteiger partial charge >= 0.3 is 0 Å². The molecule has 106 valence electrons. The average Bonchev–Trinajstić information content (AvgIpc) is 2.52. The summed E-state index contributed by atoms with van der Waals surface area (Å²) in [5.74, 6) is 0.908. The molecule has 0 unspecified atom stereocenters. The molecule has 2 rings (SSSR count). The summed E-state index contributed by atoms with van der Waals surface area (Å²) in [5, 5.41) is 0. The molecule has 0 spiro atoms. The molecular weight excluding hydrogens is 246 g/mol. The Morgan fingerprint density at radius 2 is 1.50 bits per heavy atom. The number of para-hydroxylation sites is 1. The van der Waals surface area contributed by atoms with E-state index >= 15 is 0 Å². The number of hydrogen-bond acceptors (Lipinski definition) is 2. The van der Waals surface area contributed by atoms with Gasteiger partial charge in [-0.3, -0.25) is 0 Å². The van der Waals surface area contributed by atoms with Crippen molar-refractivity contribution in [2.24, 2.45) is 5.73 Å². The molecule has 2 heteroatoms. The molecule has 0 amide bonds. The molecule has 20 heavy (non-hydrogen) atoms. The summed E-state index contributed by atoms with van der Waals surface area (Å²) in [6.45, 7) is 0.570. The predicted octanol–water partition coefficient (Wildman–Crippen LogP) is 3.81. The summed E-state index contributed by atoms with van der Waals surface area (Å²) in [6.07, 6.45) is 4.58. The second kappa shape index (κ2) is 8.39. The minimum atomic E-state index is 0.119. The summed E-state index contributed by atoms with van der Waals surface area (Å²) in [4.78, 5) is 0. The first-order chi connectivity index (χ1) is 9.88. The van der Waals surface area contributed by atoms with E-state index in [2.05, 4.69) is 30.3 Å². The highest BCUT2D eigenvalue weighted by Gasteiger charge is 2.07. The molecule has 2 aromatic rings. The molecule has 0 bridgehead atoms. The molecule has 0 saturated heterocycles. The Hall–Kier alpha value is -1.80. The van der Waals surface area contributed by atoms with Gasteiger partial charge in [-0.15, -0.1) is 0 Å². The highest BCUT2D eigenvalue weighted by molar-refractivity contribution is 5.21. The van der Waals surface area contributed by atoms with Crippen molar-refractivity contribution in [1.29, 1.82) is 0 Å². The van der Waals surface area contributed by atoms with Crippen molar-refractivity contribution in [3.05, 3.63) is 66.2 Å². The maximum absolute atomic E-state index is 5.89. The Bertz CT molecular complexity index is 469. The largest absolute Gasteiger partial charge is 0.489 e. The highest BCUT2D eigenvalue weighted by Crippen LogP contribution is 2.14. The van der Waals surface area contributed by atoms with Crippen molar-refractivity contribution in [2.75, 3.05) is 6.54 Å². The van der Waals surface area contributed by atoms with E-state index in [1.807, 2.05) is 30.3 Å². The minimum absolute atomic E-state index is 0.119. The third kappa shape index (κ3) is 5.06. The van der Waals surface area contributed by atoms with Gasteiger partial charge in [-0.1, -0.05) is 48.5 Å². The van der Waals surface area contributed by atoms with Crippen LogP contribution in [-0.2, 0) is 6.42 Å². The van der Waals surface area contributed by atoms with Gasteiger partial charge in [-0.2, -0.15) is 0 Å². The molecule has 0 aromatic heterocycles. The fraction of sp³-hybridized carbons (Fsp3) is 0.333. The van der Waals surface area contributed by atoms with Crippen molar-refractivity contribution in [2.45, 2.75) is 31.8 Å². The van der Waals surface area contributed by atoms with Gasteiger partial charge in [0, 0.05) is 6.54 Å². The van der Waals surface area contributed by atoms with Crippen molar-refractivity contribution in [1.82, 2.24) is 0 Å². The average molecular weight is 269 g/mol. The van der Waals surface area contributed by atoms with Gasteiger partial charge in [0.1, 0.15) is 11.9 Å². The second-order valence-electron chi connectivity index (χ2n) is 5.02. The maximum Gasteiger partial charge on any atom is 0.119 e. The van der Waals surface area contributed by atoms with Crippen molar-refractivity contribution < 1.29 is 4.74 Å². The SMILES string of the molecule is NC[C@@H](CCCCc1ccccc1)Oc1ccccc1. The topological polar surface area (TPSA) is 35.2 Å². The molecule has 0 heterocycles. The summed E-state index contributed by atoms with van der Waals surface area (Å²) in [5.41, 5.74) is 7.19. The van der Waals surface area contributed by atoms with Crippen LogP contribution in [0.1, 0.15) is 24.8 Å². The first-order valence-electron chi connectivity index (χ1n) is 7.34. The summed E-state index contributed by atoms with van der Waals surface area (Å²) in [6, 6.07) is 20.5. The predicted molar refractivity (Wildman–Crippen MR) is 83.9 cm³/mol. The monoisotopic (exact) mass is 269 g/mol. The first kappa shape index (κ1) is 14.6. The molecule has 2 N–H and O–H groups in total. The summed E-state index contributed by atoms with van der Waals surface area (Å²) >= 11 is 0. The normalized spacial score (nSPS) is 12.1. The van der Waals surface area contributed by atoms with Crippen LogP contribution in [0.4, 0.5) is 0 Å². The lowest BCUT2D eigenvalue weighted by Gasteiger charge is -2.17. The lowest BCUT2D eigenvalue weighted by Crippen LogP contribution is -2.26. The van der Waals surface area contributed by atoms with Crippen molar-refractivity contribution in [3.8, 4) is 5.75 Å². The van der Waals surface area contributed by atoms with Crippen LogP contribution in [0.15, 0.2) is 60.7 Å². The lowest BCUT2D eigenvalue weighted by molar-refractivity contribution is 0.195. The molecule has 2 aromatic carbocycles. The van der Waals surface area contributed by atoms with E-state index in [0.29, 0.717) is 6.54 Å². The van der Waals surface area contributed by atoms with Gasteiger partial charge in [0.2, 0.25) is 0 Å². The van der Waals surface area contributed by atoms with Crippen LogP contribution in [0, 0.1) is 0 Å². The molecule has 0 aliphatic carbocycles. The van der Waals surface area contributed by atoms with Gasteiger partial charge in [-0.25, -0.2) is 0 Å². The Balaban J connectivity index is 1.69. The fourth-order valence-electron chi connectivity index (χ4n) is 2.26. The summed E-state index contributed by atoms with van der Waals surface area (Å²) in [7, 11) is 0. The number of nitrogens with two attached hydrogens (primary N) is 1. The molecule has 0 saturated carbocycles. The van der Waals surface area contributed by atoms with Gasteiger partial charge in [0.05, 0.1) is 0 Å². The fourth-order valence-corrected chi connectivity index (χ4v) is 2.26. The number of hydrogen-bond donors (Lipinski definition) is 1. The van der Waals surface area contributed by atoms with E-state index in [4.69, 9.17) is 10.5 Å². The number of ether oxygens (including phenoxy) is 1. The molecule has 0 aliphatic rings. The van der Waals surface area contributed by atoms with Gasteiger partial charge in [0.25, 0.3) is 0 Å². The Morgan fingerprint density at radius 1 is 0.850 bits per heavy atom. The van der Waals surface area contributed by atoms with Gasteiger partial charge in [-0.05, 0) is 43.4 Å². The number of benzene rings is 2. The molecule has 0 fully saturated rings. The summed E-state index contributed by atoms with van der Waals surface area (Å²) < 4.78 is 5.89. The Morgan fingerprint density at radius 3 is 2.15 bits per heavy atom. The van der Waals surface area contributed by atoms with Crippen LogP contribution in [-0.4, -0.2) is 12.6 Å². The maximum atomic E-state index is 5.89. The van der Waals surface area contributed by atoms with Crippen LogP contribution in [0.3, 0.4) is 0 Å². The van der Waals surface area contributed by atoms with Crippen LogP contribution in [0.2, 0.25) is 0 Å². The number of unbranched alkanes of at least 4 members (excludes halogenated alkanes) is 1. The quantitative estimate of drug-likeness (QED) is 0.740. The third-order valence-electron chi connectivity index (χ3n) is 3.39. The van der Waals surface area contributed by atoms with Crippen LogP contribution < -0.4 is 10.5 Å². The van der Waals surface area contributed by atoms with Crippen LogP contribution in [0.5, 0.6) is 5.75 Å². The minimum Gasteiger partial charge on any atom is -0.489 e. The Kier molecular flexibility index (Phi) is 6.12. The van der Waals surface area contributed by atoms with E-state index in [0.717, 1.165) is 25.0 Å². The van der Waals surface area contributed by atoms with Gasteiger partial charge < -0.3 is 10.5 Å². The van der Waals surface area contributed by atoms with Crippen LogP contribution >= 0.6 is 0 Å². The van der Waals surface area contributed by atoms with E-state index in [-0.39, 0.29) is 6.10 Å². The number of aryl methyl sites for hydroxylation is 1. The van der Waals surface area contributed by atoms with E-state index < -0.39 is 0 Å². The Labute approximate surface area is 121 Å². The molecule has 2 nitrogen and oxygen atoms in total. The van der Waals surface area contributed by atoms with Crippen molar-refractivity contribution in [3.63, 3.8) is 0 Å². The smallest absolute Gasteiger partial charge is 0.119 e. The van der Waals surface area contributed by atoms with E-state index in [9.17, 15) is 0 Å². The zero-order chi connectivity index (χ0) is 14.0. The van der Waals surface area contributed by atoms with Crippen molar-refractivity contribution >= 4 is 0 Å². The number of rotatable bonds is 8.